The maximum absolute atomic E-state index is 11.5. The Kier molecular flexibility index (Phi) is 4.23. The highest BCUT2D eigenvalue weighted by atomic mass is 127. The fourth-order valence-corrected chi connectivity index (χ4v) is 2.41. The van der Waals surface area contributed by atoms with Gasteiger partial charge in [-0.25, -0.2) is 9.78 Å². The molecule has 94 valence electrons. The third-order valence-electron chi connectivity index (χ3n) is 2.26. The molecule has 0 amide bonds. The van der Waals surface area contributed by atoms with E-state index in [-0.39, 0.29) is 5.69 Å². The molecule has 0 aliphatic carbocycles. The summed E-state index contributed by atoms with van der Waals surface area (Å²) >= 11 is 8.33. The summed E-state index contributed by atoms with van der Waals surface area (Å²) in [5, 5.41) is 0.606. The number of hydrogen-bond acceptors (Lipinski definition) is 3. The maximum atomic E-state index is 11.5. The smallest absolute Gasteiger partial charge is 0.358 e. The van der Waals surface area contributed by atoms with Crippen LogP contribution in [0.5, 0.6) is 0 Å². The first-order valence-corrected chi connectivity index (χ1v) is 6.74. The summed E-state index contributed by atoms with van der Waals surface area (Å²) < 4.78 is 7.62. The van der Waals surface area contributed by atoms with Gasteiger partial charge >= 0.3 is 5.97 Å². The molecular formula is C12H10ClIN2O2. The van der Waals surface area contributed by atoms with Gasteiger partial charge in [0.25, 0.3) is 0 Å². The summed E-state index contributed by atoms with van der Waals surface area (Å²) in [6.07, 6.45) is 3.15. The maximum Gasteiger partial charge on any atom is 0.358 e. The van der Waals surface area contributed by atoms with Crippen molar-refractivity contribution in [2.24, 2.45) is 0 Å². The zero-order chi connectivity index (χ0) is 13.1. The van der Waals surface area contributed by atoms with E-state index in [4.69, 9.17) is 16.3 Å². The Morgan fingerprint density at radius 2 is 2.33 bits per heavy atom. The number of rotatable bonds is 3. The molecule has 1 aromatic carbocycles. The Bertz CT molecular complexity index is 583. The van der Waals surface area contributed by atoms with Crippen molar-refractivity contribution >= 4 is 40.2 Å². The molecule has 0 N–H and O–H groups in total. The number of esters is 1. The molecule has 6 heteroatoms. The van der Waals surface area contributed by atoms with Crippen LogP contribution >= 0.6 is 34.2 Å². The van der Waals surface area contributed by atoms with E-state index in [0.717, 1.165) is 9.26 Å². The largest absolute Gasteiger partial charge is 0.461 e. The van der Waals surface area contributed by atoms with Crippen LogP contribution in [0.2, 0.25) is 5.02 Å². The van der Waals surface area contributed by atoms with Crippen molar-refractivity contribution in [3.05, 3.63) is 45.0 Å². The molecule has 1 aromatic heterocycles. The van der Waals surface area contributed by atoms with Gasteiger partial charge in [-0.2, -0.15) is 0 Å². The number of benzene rings is 1. The monoisotopic (exact) mass is 376 g/mol. The highest BCUT2D eigenvalue weighted by molar-refractivity contribution is 14.1. The average molecular weight is 377 g/mol. The van der Waals surface area contributed by atoms with Gasteiger partial charge in [-0.3, -0.25) is 0 Å². The number of carbonyl (C=O) groups excluding carboxylic acids is 1. The lowest BCUT2D eigenvalue weighted by Crippen LogP contribution is -2.04. The minimum Gasteiger partial charge on any atom is -0.461 e. The Morgan fingerprint density at radius 3 is 3.00 bits per heavy atom. The van der Waals surface area contributed by atoms with Gasteiger partial charge in [0.15, 0.2) is 5.69 Å². The van der Waals surface area contributed by atoms with E-state index in [9.17, 15) is 4.79 Å². The molecular weight excluding hydrogens is 367 g/mol. The molecule has 0 atom stereocenters. The van der Waals surface area contributed by atoms with Crippen LogP contribution in [0.25, 0.3) is 5.69 Å². The molecule has 0 spiro atoms. The van der Waals surface area contributed by atoms with Gasteiger partial charge in [0.2, 0.25) is 0 Å². The molecule has 18 heavy (non-hydrogen) atoms. The van der Waals surface area contributed by atoms with E-state index >= 15 is 0 Å². The summed E-state index contributed by atoms with van der Waals surface area (Å²) in [5.41, 5.74) is 1.05. The second-order valence-electron chi connectivity index (χ2n) is 3.48. The van der Waals surface area contributed by atoms with Crippen molar-refractivity contribution in [3.63, 3.8) is 0 Å². The Balaban J connectivity index is 2.32. The Morgan fingerprint density at radius 1 is 1.56 bits per heavy atom. The van der Waals surface area contributed by atoms with Gasteiger partial charge in [-0.1, -0.05) is 11.6 Å². The number of halogens is 2. The van der Waals surface area contributed by atoms with Gasteiger partial charge in [-0.15, -0.1) is 0 Å². The third kappa shape index (κ3) is 2.84. The number of carbonyl (C=O) groups is 1. The van der Waals surface area contributed by atoms with E-state index in [0.29, 0.717) is 11.6 Å². The fourth-order valence-electron chi connectivity index (χ4n) is 1.46. The van der Waals surface area contributed by atoms with Crippen LogP contribution in [-0.4, -0.2) is 22.1 Å². The summed E-state index contributed by atoms with van der Waals surface area (Å²) in [6, 6.07) is 5.66. The lowest BCUT2D eigenvalue weighted by molar-refractivity contribution is 0.0520. The molecule has 0 radical (unpaired) electrons. The highest BCUT2D eigenvalue weighted by Crippen LogP contribution is 2.23. The molecule has 0 aliphatic rings. The molecule has 2 rings (SSSR count). The fraction of sp³-hybridized carbons (Fsp3) is 0.167. The van der Waals surface area contributed by atoms with Crippen molar-refractivity contribution in [3.8, 4) is 5.69 Å². The number of aromatic nitrogens is 2. The molecule has 0 unspecified atom stereocenters. The normalized spacial score (nSPS) is 10.4. The van der Waals surface area contributed by atoms with E-state index in [1.165, 1.54) is 0 Å². The Labute approximate surface area is 123 Å². The van der Waals surface area contributed by atoms with Crippen molar-refractivity contribution < 1.29 is 9.53 Å². The predicted molar refractivity (Wildman–Crippen MR) is 77.2 cm³/mol. The predicted octanol–water partition coefficient (Wildman–Crippen LogP) is 3.31. The number of hydrogen-bond donors (Lipinski definition) is 0. The quantitative estimate of drug-likeness (QED) is 0.610. The SMILES string of the molecule is CCOC(=O)c1cn(-c2ccc(I)cc2Cl)cn1. The van der Waals surface area contributed by atoms with Crippen LogP contribution in [-0.2, 0) is 4.74 Å². The first-order valence-electron chi connectivity index (χ1n) is 5.28. The molecule has 0 saturated heterocycles. The summed E-state index contributed by atoms with van der Waals surface area (Å²) in [6.45, 7) is 2.08. The summed E-state index contributed by atoms with van der Waals surface area (Å²) in [4.78, 5) is 15.5. The molecule has 4 nitrogen and oxygen atoms in total. The summed E-state index contributed by atoms with van der Waals surface area (Å²) in [7, 11) is 0. The highest BCUT2D eigenvalue weighted by Gasteiger charge is 2.12. The van der Waals surface area contributed by atoms with Gasteiger partial charge in [0, 0.05) is 9.77 Å². The minimum absolute atomic E-state index is 0.270. The van der Waals surface area contributed by atoms with Crippen LogP contribution in [0.1, 0.15) is 17.4 Å². The van der Waals surface area contributed by atoms with Crippen LogP contribution in [0, 0.1) is 3.57 Å². The van der Waals surface area contributed by atoms with E-state index in [2.05, 4.69) is 27.6 Å². The standard InChI is InChI=1S/C12H10ClIN2O2/c1-2-18-12(17)10-6-16(7-15-10)11-4-3-8(14)5-9(11)13/h3-7H,2H2,1H3. The van der Waals surface area contributed by atoms with Gasteiger partial charge in [-0.05, 0) is 47.7 Å². The first-order chi connectivity index (χ1) is 8.61. The number of ether oxygens (including phenoxy) is 1. The second kappa shape index (κ2) is 5.71. The molecule has 0 bridgehead atoms. The first kappa shape index (κ1) is 13.4. The number of nitrogens with zero attached hydrogens (tertiary/aromatic N) is 2. The topological polar surface area (TPSA) is 44.1 Å². The molecule has 1 heterocycles. The van der Waals surface area contributed by atoms with Crippen molar-refractivity contribution in [2.75, 3.05) is 6.61 Å². The lowest BCUT2D eigenvalue weighted by atomic mass is 10.3. The van der Waals surface area contributed by atoms with Crippen LogP contribution in [0.3, 0.4) is 0 Å². The summed E-state index contributed by atoms with van der Waals surface area (Å²) in [5.74, 6) is -0.433. The van der Waals surface area contributed by atoms with E-state index < -0.39 is 5.97 Å². The van der Waals surface area contributed by atoms with E-state index in [1.807, 2.05) is 18.2 Å². The van der Waals surface area contributed by atoms with Crippen molar-refractivity contribution in [1.82, 2.24) is 9.55 Å². The van der Waals surface area contributed by atoms with Crippen LogP contribution in [0.15, 0.2) is 30.7 Å². The second-order valence-corrected chi connectivity index (χ2v) is 5.14. The van der Waals surface area contributed by atoms with Gasteiger partial charge in [0.05, 0.1) is 17.3 Å². The molecule has 0 saturated carbocycles. The van der Waals surface area contributed by atoms with Crippen LogP contribution in [0.4, 0.5) is 0 Å². The lowest BCUT2D eigenvalue weighted by Gasteiger charge is -2.04. The zero-order valence-electron chi connectivity index (χ0n) is 9.56. The third-order valence-corrected chi connectivity index (χ3v) is 3.23. The minimum atomic E-state index is -0.433. The number of imidazole rings is 1. The van der Waals surface area contributed by atoms with Crippen molar-refractivity contribution in [2.45, 2.75) is 6.92 Å². The van der Waals surface area contributed by atoms with E-state index in [1.54, 1.807) is 24.0 Å². The Hall–Kier alpha value is -1.08. The average Bonchev–Trinajstić information content (AvgIpc) is 2.78. The van der Waals surface area contributed by atoms with Gasteiger partial charge in [0.1, 0.15) is 6.33 Å². The molecule has 0 aliphatic heterocycles. The van der Waals surface area contributed by atoms with Gasteiger partial charge < -0.3 is 9.30 Å². The zero-order valence-corrected chi connectivity index (χ0v) is 12.5. The molecule has 0 fully saturated rings. The van der Waals surface area contributed by atoms with Crippen LogP contribution < -0.4 is 0 Å². The molecule has 2 aromatic rings. The van der Waals surface area contributed by atoms with Crippen molar-refractivity contribution in [1.29, 1.82) is 0 Å².